The lowest BCUT2D eigenvalue weighted by molar-refractivity contribution is -0.123. The monoisotopic (exact) mass is 373 g/mol. The molecule has 1 amide bonds. The molecule has 0 unspecified atom stereocenters. The molecule has 3 heterocycles. The van der Waals surface area contributed by atoms with E-state index in [0.717, 1.165) is 25.7 Å². The normalized spacial score (nSPS) is 16.2. The van der Waals surface area contributed by atoms with Crippen molar-refractivity contribution in [2.75, 3.05) is 0 Å². The Bertz CT molecular complexity index is 999. The molecule has 136 valence electrons. The van der Waals surface area contributed by atoms with Crippen LogP contribution in [0, 0.1) is 6.92 Å². The fourth-order valence-electron chi connectivity index (χ4n) is 3.48. The lowest BCUT2D eigenvalue weighted by Gasteiger charge is -2.26. The van der Waals surface area contributed by atoms with Gasteiger partial charge in [-0.2, -0.15) is 4.98 Å². The van der Waals surface area contributed by atoms with E-state index in [1.54, 1.807) is 13.0 Å². The van der Waals surface area contributed by atoms with Gasteiger partial charge in [0.1, 0.15) is 10.4 Å². The van der Waals surface area contributed by atoms with E-state index in [0.29, 0.717) is 21.9 Å². The van der Waals surface area contributed by atoms with E-state index in [4.69, 9.17) is 4.52 Å². The Morgan fingerprint density at radius 3 is 2.96 bits per heavy atom. The van der Waals surface area contributed by atoms with Crippen molar-refractivity contribution in [1.82, 2.24) is 25.0 Å². The zero-order chi connectivity index (χ0) is 18.1. The van der Waals surface area contributed by atoms with Gasteiger partial charge in [-0.3, -0.25) is 14.2 Å². The number of amides is 1. The van der Waals surface area contributed by atoms with Crippen LogP contribution < -0.4 is 10.9 Å². The minimum atomic E-state index is -0.560. The number of carbonyl (C=O) groups is 1. The van der Waals surface area contributed by atoms with Gasteiger partial charge in [0.15, 0.2) is 5.82 Å². The highest BCUT2D eigenvalue weighted by atomic mass is 32.1. The third-order valence-electron chi connectivity index (χ3n) is 4.82. The lowest BCUT2D eigenvalue weighted by Crippen LogP contribution is -2.45. The van der Waals surface area contributed by atoms with Gasteiger partial charge >= 0.3 is 0 Å². The number of aromatic nitrogens is 4. The maximum Gasteiger partial charge on any atom is 0.262 e. The molecule has 9 heteroatoms. The van der Waals surface area contributed by atoms with Gasteiger partial charge in [0.05, 0.1) is 11.7 Å². The van der Waals surface area contributed by atoms with Gasteiger partial charge in [-0.1, -0.05) is 18.0 Å². The minimum absolute atomic E-state index is 0.117. The zero-order valence-electron chi connectivity index (χ0n) is 14.4. The number of nitrogens with zero attached hydrogens (tertiary/aromatic N) is 4. The standard InChI is InChI=1S/C17H19N5O3S/c1-11-19-16(21-25-11)17(6-2-3-7-17)20-13(23)4-8-22-10-18-14-12(15(22)24)5-9-26-14/h5,9-10H,2-4,6-8H2,1H3,(H,20,23). The quantitative estimate of drug-likeness (QED) is 0.735. The smallest absolute Gasteiger partial charge is 0.262 e. The van der Waals surface area contributed by atoms with Crippen LogP contribution in [0.1, 0.15) is 43.8 Å². The molecule has 8 nitrogen and oxygen atoms in total. The lowest BCUT2D eigenvalue weighted by atomic mass is 9.96. The van der Waals surface area contributed by atoms with Gasteiger partial charge in [-0.25, -0.2) is 4.98 Å². The molecule has 1 saturated carbocycles. The topological polar surface area (TPSA) is 103 Å². The Balaban J connectivity index is 1.47. The first-order chi connectivity index (χ1) is 12.6. The first kappa shape index (κ1) is 16.9. The molecule has 1 aliphatic rings. The van der Waals surface area contributed by atoms with Gasteiger partial charge in [0, 0.05) is 19.9 Å². The highest BCUT2D eigenvalue weighted by Crippen LogP contribution is 2.37. The molecular formula is C17H19N5O3S. The van der Waals surface area contributed by atoms with Crippen LogP contribution in [0.25, 0.3) is 10.2 Å². The van der Waals surface area contributed by atoms with E-state index in [9.17, 15) is 9.59 Å². The number of thiophene rings is 1. The van der Waals surface area contributed by atoms with E-state index < -0.39 is 5.54 Å². The van der Waals surface area contributed by atoms with Crippen molar-refractivity contribution in [2.45, 2.75) is 51.1 Å². The SMILES string of the molecule is Cc1nc(C2(NC(=O)CCn3cnc4sccc4c3=O)CCCC2)no1. The minimum Gasteiger partial charge on any atom is -0.343 e. The third kappa shape index (κ3) is 3.03. The van der Waals surface area contributed by atoms with Gasteiger partial charge < -0.3 is 9.84 Å². The van der Waals surface area contributed by atoms with Crippen molar-refractivity contribution in [1.29, 1.82) is 0 Å². The van der Waals surface area contributed by atoms with Crippen LogP contribution in [-0.2, 0) is 16.9 Å². The molecule has 0 aliphatic heterocycles. The van der Waals surface area contributed by atoms with Crippen LogP contribution >= 0.6 is 11.3 Å². The number of aryl methyl sites for hydroxylation is 2. The summed E-state index contributed by atoms with van der Waals surface area (Å²) in [4.78, 5) is 34.3. The van der Waals surface area contributed by atoms with E-state index >= 15 is 0 Å². The predicted molar refractivity (Wildman–Crippen MR) is 95.8 cm³/mol. The number of carbonyl (C=O) groups excluding carboxylic acids is 1. The Morgan fingerprint density at radius 2 is 2.23 bits per heavy atom. The van der Waals surface area contributed by atoms with Gasteiger partial charge in [0.25, 0.3) is 5.56 Å². The summed E-state index contributed by atoms with van der Waals surface area (Å²) in [6, 6.07) is 1.76. The van der Waals surface area contributed by atoms with Crippen molar-refractivity contribution >= 4 is 27.5 Å². The molecule has 0 radical (unpaired) electrons. The molecule has 1 fully saturated rings. The molecule has 0 atom stereocenters. The highest BCUT2D eigenvalue weighted by Gasteiger charge is 2.41. The number of rotatable bonds is 5. The average molecular weight is 373 g/mol. The number of nitrogens with one attached hydrogen (secondary N) is 1. The van der Waals surface area contributed by atoms with E-state index in [-0.39, 0.29) is 24.4 Å². The molecule has 1 aliphatic carbocycles. The van der Waals surface area contributed by atoms with E-state index in [1.165, 1.54) is 22.2 Å². The Morgan fingerprint density at radius 1 is 1.42 bits per heavy atom. The molecule has 0 spiro atoms. The van der Waals surface area contributed by atoms with Crippen LogP contribution in [0.3, 0.4) is 0 Å². The molecule has 3 aromatic rings. The fraction of sp³-hybridized carbons (Fsp3) is 0.471. The molecule has 0 bridgehead atoms. The van der Waals surface area contributed by atoms with Crippen LogP contribution in [0.15, 0.2) is 27.1 Å². The second kappa shape index (κ2) is 6.64. The predicted octanol–water partition coefficient (Wildman–Crippen LogP) is 2.13. The van der Waals surface area contributed by atoms with E-state index in [2.05, 4.69) is 20.4 Å². The Kier molecular flexibility index (Phi) is 4.31. The summed E-state index contributed by atoms with van der Waals surface area (Å²) in [6.07, 6.45) is 5.29. The van der Waals surface area contributed by atoms with Crippen molar-refractivity contribution in [2.24, 2.45) is 0 Å². The number of fused-ring (bicyclic) bond motifs is 1. The number of hydrogen-bond donors (Lipinski definition) is 1. The molecule has 4 rings (SSSR count). The third-order valence-corrected chi connectivity index (χ3v) is 5.64. The van der Waals surface area contributed by atoms with Gasteiger partial charge in [0.2, 0.25) is 11.8 Å². The summed E-state index contributed by atoms with van der Waals surface area (Å²) in [5, 5.41) is 9.54. The van der Waals surface area contributed by atoms with Gasteiger partial charge in [-0.15, -0.1) is 11.3 Å². The highest BCUT2D eigenvalue weighted by molar-refractivity contribution is 7.16. The van der Waals surface area contributed by atoms with Crippen molar-refractivity contribution in [3.63, 3.8) is 0 Å². The maximum absolute atomic E-state index is 12.6. The first-order valence-corrected chi connectivity index (χ1v) is 9.50. The maximum atomic E-state index is 12.6. The molecule has 0 aromatic carbocycles. The summed E-state index contributed by atoms with van der Waals surface area (Å²) in [6.45, 7) is 2.02. The fourth-order valence-corrected chi connectivity index (χ4v) is 4.20. The summed E-state index contributed by atoms with van der Waals surface area (Å²) < 4.78 is 6.58. The first-order valence-electron chi connectivity index (χ1n) is 8.62. The zero-order valence-corrected chi connectivity index (χ0v) is 15.2. The molecule has 0 saturated heterocycles. The summed E-state index contributed by atoms with van der Waals surface area (Å²) in [5.74, 6) is 0.897. The summed E-state index contributed by atoms with van der Waals surface area (Å²) in [5.41, 5.74) is -0.677. The van der Waals surface area contributed by atoms with E-state index in [1.807, 2.05) is 5.38 Å². The second-order valence-electron chi connectivity index (χ2n) is 6.61. The molecule has 26 heavy (non-hydrogen) atoms. The average Bonchev–Trinajstić information content (AvgIpc) is 3.35. The summed E-state index contributed by atoms with van der Waals surface area (Å²) in [7, 11) is 0. The van der Waals surface area contributed by atoms with Crippen LogP contribution in [-0.4, -0.2) is 25.6 Å². The van der Waals surface area contributed by atoms with Crippen molar-refractivity contribution in [3.8, 4) is 0 Å². The summed E-state index contributed by atoms with van der Waals surface area (Å²) >= 11 is 1.43. The van der Waals surface area contributed by atoms with Crippen molar-refractivity contribution in [3.05, 3.63) is 39.8 Å². The van der Waals surface area contributed by atoms with Gasteiger partial charge in [-0.05, 0) is 24.3 Å². The van der Waals surface area contributed by atoms with Crippen LogP contribution in [0.4, 0.5) is 0 Å². The second-order valence-corrected chi connectivity index (χ2v) is 7.50. The van der Waals surface area contributed by atoms with Crippen LogP contribution in [0.2, 0.25) is 0 Å². The number of hydrogen-bond acceptors (Lipinski definition) is 7. The van der Waals surface area contributed by atoms with Crippen LogP contribution in [0.5, 0.6) is 0 Å². The molecular weight excluding hydrogens is 354 g/mol. The Hall–Kier alpha value is -2.55. The molecule has 3 aromatic heterocycles. The Labute approximate surface area is 153 Å². The largest absolute Gasteiger partial charge is 0.343 e. The molecule has 1 N–H and O–H groups in total. The van der Waals surface area contributed by atoms with Crippen molar-refractivity contribution < 1.29 is 9.32 Å².